The molecule has 4 atom stereocenters. The van der Waals surface area contributed by atoms with E-state index in [-0.39, 0.29) is 18.0 Å². The fourth-order valence-electron chi connectivity index (χ4n) is 2.96. The summed E-state index contributed by atoms with van der Waals surface area (Å²) in [6, 6.07) is 0. The van der Waals surface area contributed by atoms with Gasteiger partial charge in [0, 0.05) is 20.1 Å². The molecule has 0 aromatic heterocycles. The van der Waals surface area contributed by atoms with Crippen molar-refractivity contribution in [1.29, 1.82) is 0 Å². The molecule has 0 aromatic carbocycles. The zero-order valence-electron chi connectivity index (χ0n) is 8.58. The van der Waals surface area contributed by atoms with Gasteiger partial charge in [-0.3, -0.25) is 0 Å². The minimum absolute atomic E-state index is 0.159. The van der Waals surface area contributed by atoms with Crippen molar-refractivity contribution in [2.75, 3.05) is 14.2 Å². The van der Waals surface area contributed by atoms with E-state index in [0.717, 1.165) is 6.42 Å². The van der Waals surface area contributed by atoms with E-state index in [2.05, 4.69) is 6.92 Å². The molecule has 1 saturated carbocycles. The molecule has 3 nitrogen and oxygen atoms in total. The van der Waals surface area contributed by atoms with Gasteiger partial charge in [-0.1, -0.05) is 0 Å². The highest BCUT2D eigenvalue weighted by atomic mass is 16.7. The van der Waals surface area contributed by atoms with Crippen molar-refractivity contribution in [2.45, 2.75) is 44.2 Å². The van der Waals surface area contributed by atoms with Crippen molar-refractivity contribution in [3.63, 3.8) is 0 Å². The van der Waals surface area contributed by atoms with Gasteiger partial charge in [-0.2, -0.15) is 0 Å². The van der Waals surface area contributed by atoms with Gasteiger partial charge in [0.05, 0.1) is 6.10 Å². The lowest BCUT2D eigenvalue weighted by atomic mass is 9.89. The number of fused-ring (bicyclic) bond motifs is 1. The Kier molecular flexibility index (Phi) is 2.34. The third-order valence-electron chi connectivity index (χ3n) is 3.61. The van der Waals surface area contributed by atoms with Crippen LogP contribution in [0.25, 0.3) is 0 Å². The van der Waals surface area contributed by atoms with E-state index in [4.69, 9.17) is 14.2 Å². The zero-order chi connectivity index (χ0) is 9.47. The lowest BCUT2D eigenvalue weighted by Crippen LogP contribution is -2.43. The van der Waals surface area contributed by atoms with Gasteiger partial charge in [0.1, 0.15) is 5.60 Å². The first-order chi connectivity index (χ1) is 6.24. The first-order valence-corrected chi connectivity index (χ1v) is 4.98. The fraction of sp³-hybridized carbons (Fsp3) is 1.00. The standard InChI is InChI=1S/C10H18O3/c1-7-8-5-4-6-10(8,12-3)9(11-2)13-7/h7-9H,4-6H2,1-3H3. The molecule has 2 rings (SSSR count). The van der Waals surface area contributed by atoms with Crippen LogP contribution in [0.15, 0.2) is 0 Å². The van der Waals surface area contributed by atoms with Crippen molar-refractivity contribution in [2.24, 2.45) is 5.92 Å². The van der Waals surface area contributed by atoms with Crippen LogP contribution in [-0.2, 0) is 14.2 Å². The van der Waals surface area contributed by atoms with E-state index in [1.54, 1.807) is 14.2 Å². The Bertz CT molecular complexity index is 195. The number of rotatable bonds is 2. The summed E-state index contributed by atoms with van der Waals surface area (Å²) in [5.74, 6) is 0.516. The van der Waals surface area contributed by atoms with Crippen molar-refractivity contribution < 1.29 is 14.2 Å². The number of methoxy groups -OCH3 is 2. The topological polar surface area (TPSA) is 27.7 Å². The van der Waals surface area contributed by atoms with Crippen LogP contribution in [0.5, 0.6) is 0 Å². The van der Waals surface area contributed by atoms with E-state index < -0.39 is 0 Å². The van der Waals surface area contributed by atoms with Crippen LogP contribution >= 0.6 is 0 Å². The molecule has 1 aliphatic heterocycles. The van der Waals surface area contributed by atoms with Gasteiger partial charge >= 0.3 is 0 Å². The lowest BCUT2D eigenvalue weighted by Gasteiger charge is -2.31. The quantitative estimate of drug-likeness (QED) is 0.655. The normalized spacial score (nSPS) is 49.6. The maximum atomic E-state index is 5.72. The molecule has 0 bridgehead atoms. The summed E-state index contributed by atoms with van der Waals surface area (Å²) in [6.07, 6.45) is 3.60. The van der Waals surface area contributed by atoms with Gasteiger partial charge in [-0.25, -0.2) is 0 Å². The molecule has 0 aromatic rings. The largest absolute Gasteiger partial charge is 0.373 e. The zero-order valence-corrected chi connectivity index (χ0v) is 8.58. The average molecular weight is 186 g/mol. The summed E-state index contributed by atoms with van der Waals surface area (Å²) >= 11 is 0. The van der Waals surface area contributed by atoms with Crippen molar-refractivity contribution in [1.82, 2.24) is 0 Å². The van der Waals surface area contributed by atoms with E-state index in [1.807, 2.05) is 0 Å². The van der Waals surface area contributed by atoms with Gasteiger partial charge in [-0.15, -0.1) is 0 Å². The third-order valence-corrected chi connectivity index (χ3v) is 3.61. The minimum atomic E-state index is -0.167. The molecular formula is C10H18O3. The van der Waals surface area contributed by atoms with Crippen LogP contribution in [0.1, 0.15) is 26.2 Å². The summed E-state index contributed by atoms with van der Waals surface area (Å²) in [5, 5.41) is 0. The maximum Gasteiger partial charge on any atom is 0.186 e. The molecule has 2 fully saturated rings. The van der Waals surface area contributed by atoms with Crippen LogP contribution in [0, 0.1) is 5.92 Å². The van der Waals surface area contributed by atoms with Crippen LogP contribution < -0.4 is 0 Å². The van der Waals surface area contributed by atoms with Crippen LogP contribution in [0.3, 0.4) is 0 Å². The van der Waals surface area contributed by atoms with E-state index in [9.17, 15) is 0 Å². The molecule has 0 spiro atoms. The highest BCUT2D eigenvalue weighted by Crippen LogP contribution is 2.49. The monoisotopic (exact) mass is 186 g/mol. The highest BCUT2D eigenvalue weighted by molar-refractivity contribution is 5.03. The predicted octanol–water partition coefficient (Wildman–Crippen LogP) is 1.56. The van der Waals surface area contributed by atoms with Gasteiger partial charge in [-0.05, 0) is 26.2 Å². The first-order valence-electron chi connectivity index (χ1n) is 4.98. The summed E-state index contributed by atoms with van der Waals surface area (Å²) in [4.78, 5) is 0. The fourth-order valence-corrected chi connectivity index (χ4v) is 2.96. The summed E-state index contributed by atoms with van der Waals surface area (Å²) in [7, 11) is 3.46. The van der Waals surface area contributed by atoms with Crippen LogP contribution in [-0.4, -0.2) is 32.2 Å². The van der Waals surface area contributed by atoms with Gasteiger partial charge in [0.25, 0.3) is 0 Å². The molecule has 0 N–H and O–H groups in total. The van der Waals surface area contributed by atoms with E-state index >= 15 is 0 Å². The molecular weight excluding hydrogens is 168 g/mol. The summed E-state index contributed by atoms with van der Waals surface area (Å²) in [5.41, 5.74) is -0.159. The minimum Gasteiger partial charge on any atom is -0.373 e. The van der Waals surface area contributed by atoms with E-state index in [0.29, 0.717) is 5.92 Å². The van der Waals surface area contributed by atoms with Gasteiger partial charge in [0.2, 0.25) is 0 Å². The Morgan fingerprint density at radius 3 is 2.77 bits per heavy atom. The maximum absolute atomic E-state index is 5.72. The Morgan fingerprint density at radius 2 is 2.15 bits per heavy atom. The van der Waals surface area contributed by atoms with Gasteiger partial charge < -0.3 is 14.2 Å². The molecule has 3 heteroatoms. The Morgan fingerprint density at radius 1 is 1.38 bits per heavy atom. The molecule has 2 aliphatic rings. The smallest absolute Gasteiger partial charge is 0.186 e. The highest BCUT2D eigenvalue weighted by Gasteiger charge is 2.58. The predicted molar refractivity (Wildman–Crippen MR) is 48.4 cm³/mol. The van der Waals surface area contributed by atoms with Crippen molar-refractivity contribution >= 4 is 0 Å². The molecule has 4 unspecified atom stereocenters. The lowest BCUT2D eigenvalue weighted by molar-refractivity contribution is -0.196. The van der Waals surface area contributed by atoms with Crippen LogP contribution in [0.4, 0.5) is 0 Å². The molecule has 0 amide bonds. The molecule has 76 valence electrons. The SMILES string of the molecule is COC1OC(C)C2CCCC12OC. The van der Waals surface area contributed by atoms with E-state index in [1.165, 1.54) is 12.8 Å². The van der Waals surface area contributed by atoms with Gasteiger partial charge in [0.15, 0.2) is 6.29 Å². The summed E-state index contributed by atoms with van der Waals surface area (Å²) in [6.45, 7) is 2.11. The molecule has 1 heterocycles. The Labute approximate surface area is 79.4 Å². The molecule has 1 saturated heterocycles. The second-order valence-corrected chi connectivity index (χ2v) is 4.07. The molecule has 0 radical (unpaired) electrons. The second-order valence-electron chi connectivity index (χ2n) is 4.07. The third kappa shape index (κ3) is 1.14. The Hall–Kier alpha value is -0.120. The number of ether oxygens (including phenoxy) is 3. The van der Waals surface area contributed by atoms with Crippen molar-refractivity contribution in [3.05, 3.63) is 0 Å². The number of hydrogen-bond donors (Lipinski definition) is 0. The first kappa shape index (κ1) is 9.44. The Balaban J connectivity index is 2.25. The molecule has 13 heavy (non-hydrogen) atoms. The second kappa shape index (κ2) is 3.23. The van der Waals surface area contributed by atoms with Crippen molar-refractivity contribution in [3.8, 4) is 0 Å². The number of hydrogen-bond acceptors (Lipinski definition) is 3. The van der Waals surface area contributed by atoms with Crippen LogP contribution in [0.2, 0.25) is 0 Å². The molecule has 1 aliphatic carbocycles. The average Bonchev–Trinajstić information content (AvgIpc) is 2.66. The summed E-state index contributed by atoms with van der Waals surface area (Å²) < 4.78 is 16.7.